The number of carbonyl (C=O) groups excluding carboxylic acids is 3. The van der Waals surface area contributed by atoms with Gasteiger partial charge in [0.2, 0.25) is 0 Å². The third-order valence-corrected chi connectivity index (χ3v) is 17.7. The van der Waals surface area contributed by atoms with E-state index in [0.29, 0.717) is 64.0 Å². The van der Waals surface area contributed by atoms with Crippen molar-refractivity contribution in [2.24, 2.45) is 0 Å². The van der Waals surface area contributed by atoms with Crippen LogP contribution in [0.3, 0.4) is 0 Å². The van der Waals surface area contributed by atoms with Crippen LogP contribution in [0.4, 0.5) is 13.2 Å². The lowest BCUT2D eigenvalue weighted by Crippen LogP contribution is -2.41. The third kappa shape index (κ3) is 16.3. The molecule has 2 saturated heterocycles. The molecule has 9 aromatic heterocycles. The maximum Gasteiger partial charge on any atom is 0.255 e. The molecule has 11 heterocycles. The molecule has 19 nitrogen and oxygen atoms in total. The number of fused-ring (bicyclic) bond motifs is 3. The molecule has 14 rings (SSSR count). The molecule has 2 aliphatic rings. The van der Waals surface area contributed by atoms with Gasteiger partial charge in [0.15, 0.2) is 0 Å². The molecule has 2 fully saturated rings. The van der Waals surface area contributed by atoms with Gasteiger partial charge in [-0.25, -0.2) is 26.7 Å². The molecule has 0 spiro atoms. The lowest BCUT2D eigenvalue weighted by molar-refractivity contribution is 0.0383. The monoisotopic (exact) mass is 1330 g/mol. The first kappa shape index (κ1) is 68.2. The predicted octanol–water partition coefficient (Wildman–Crippen LogP) is 12.1. The zero-order valence-electron chi connectivity index (χ0n) is 56.1. The van der Waals surface area contributed by atoms with Crippen LogP contribution >= 0.6 is 0 Å². The van der Waals surface area contributed by atoms with E-state index in [1.165, 1.54) is 44.1 Å². The molecular formula is C77H78F3N15O4. The molecule has 0 radical (unpaired) electrons. The predicted molar refractivity (Wildman–Crippen MR) is 379 cm³/mol. The van der Waals surface area contributed by atoms with Gasteiger partial charge in [0.05, 0.1) is 82.1 Å². The van der Waals surface area contributed by atoms with Crippen LogP contribution in [-0.4, -0.2) is 169 Å². The molecule has 3 amide bonds. The van der Waals surface area contributed by atoms with Crippen LogP contribution in [0, 0.1) is 38.2 Å². The summed E-state index contributed by atoms with van der Waals surface area (Å²) in [6, 6.07) is 38.2. The highest BCUT2D eigenvalue weighted by Crippen LogP contribution is 2.36. The van der Waals surface area contributed by atoms with Crippen LogP contribution in [0.1, 0.15) is 67.0 Å². The van der Waals surface area contributed by atoms with E-state index in [4.69, 9.17) is 4.74 Å². The highest BCUT2D eigenvalue weighted by molar-refractivity contribution is 6.03. The SMILES string of the molecule is Cc1cc(-c2ncccc2-c2ccn3ncc(C(=O)NCCCN4CCCC4)c3c2)ccc1F.Cc1cc(-c2ncccc2-c2ccn3ncc(C(=O)NCCN(C)C)c3c2)ccc1F.Cc1cc(-c2ncccc2-c2ccn3ncc(C(=O)NCCN4CCOCC4)c3c2)ccc1F. The number of halogens is 3. The lowest BCUT2D eigenvalue weighted by Gasteiger charge is -2.26. The molecule has 22 heteroatoms. The summed E-state index contributed by atoms with van der Waals surface area (Å²) >= 11 is 0. The summed E-state index contributed by atoms with van der Waals surface area (Å²) in [6.45, 7) is 15.1. The summed E-state index contributed by atoms with van der Waals surface area (Å²) < 4.78 is 51.8. The van der Waals surface area contributed by atoms with Crippen molar-refractivity contribution in [1.82, 2.24) is 74.4 Å². The number of ether oxygens (including phenoxy) is 1. The van der Waals surface area contributed by atoms with Crippen molar-refractivity contribution in [1.29, 1.82) is 0 Å². The molecule has 0 bridgehead atoms. The van der Waals surface area contributed by atoms with Crippen LogP contribution in [0.5, 0.6) is 0 Å². The number of likely N-dealkylation sites (N-methyl/N-ethyl adjacent to an activating group) is 1. The molecule has 2 aliphatic heterocycles. The maximum absolute atomic E-state index is 13.8. The van der Waals surface area contributed by atoms with E-state index in [2.05, 4.69) is 56.0 Å². The Kier molecular flexibility index (Phi) is 21.8. The normalized spacial score (nSPS) is 13.3. The number of pyridine rings is 6. The first-order valence-electron chi connectivity index (χ1n) is 33.2. The average molecular weight is 1330 g/mol. The molecular weight excluding hydrogens is 1260 g/mol. The number of benzene rings is 3. The van der Waals surface area contributed by atoms with Crippen molar-refractivity contribution in [3.05, 3.63) is 234 Å². The fourth-order valence-corrected chi connectivity index (χ4v) is 12.3. The second kappa shape index (κ2) is 31.6. The van der Waals surface area contributed by atoms with Crippen molar-refractivity contribution < 1.29 is 32.3 Å². The fraction of sp³-hybridized carbons (Fsp3) is 0.260. The van der Waals surface area contributed by atoms with Crippen LogP contribution in [0.15, 0.2) is 183 Å². The van der Waals surface area contributed by atoms with Crippen molar-refractivity contribution in [2.75, 3.05) is 92.8 Å². The number of likely N-dealkylation sites (tertiary alicyclic amines) is 1. The van der Waals surface area contributed by atoms with Gasteiger partial charge in [-0.15, -0.1) is 0 Å². The maximum atomic E-state index is 13.8. The van der Waals surface area contributed by atoms with Crippen molar-refractivity contribution >= 4 is 34.3 Å². The summed E-state index contributed by atoms with van der Waals surface area (Å²) in [5.74, 6) is -1.15. The van der Waals surface area contributed by atoms with E-state index in [9.17, 15) is 27.6 Å². The molecule has 0 atom stereocenters. The Bertz CT molecular complexity index is 4860. The molecule has 506 valence electrons. The Morgan fingerprint density at radius 1 is 0.455 bits per heavy atom. The minimum Gasteiger partial charge on any atom is -0.379 e. The minimum atomic E-state index is -0.244. The number of hydrogen-bond acceptors (Lipinski definition) is 13. The molecule has 3 aromatic carbocycles. The number of morpholine rings is 1. The largest absolute Gasteiger partial charge is 0.379 e. The number of rotatable bonds is 19. The Balaban J connectivity index is 0.000000141. The zero-order valence-corrected chi connectivity index (χ0v) is 56.1. The number of aryl methyl sites for hydroxylation is 3. The second-order valence-corrected chi connectivity index (χ2v) is 24.9. The van der Waals surface area contributed by atoms with E-state index >= 15 is 0 Å². The van der Waals surface area contributed by atoms with Crippen LogP contribution in [-0.2, 0) is 4.74 Å². The molecule has 0 unspecified atom stereocenters. The summed E-state index contributed by atoms with van der Waals surface area (Å²) in [4.78, 5) is 58.9. The summed E-state index contributed by atoms with van der Waals surface area (Å²) in [5.41, 5.74) is 15.7. The fourth-order valence-electron chi connectivity index (χ4n) is 12.3. The average Bonchev–Trinajstić information content (AvgIpc) is 1.74. The van der Waals surface area contributed by atoms with E-state index < -0.39 is 0 Å². The smallest absolute Gasteiger partial charge is 0.255 e. The number of amides is 3. The summed E-state index contributed by atoms with van der Waals surface area (Å²) in [6.07, 6.45) is 19.0. The van der Waals surface area contributed by atoms with Crippen LogP contribution in [0.25, 0.3) is 83.7 Å². The van der Waals surface area contributed by atoms with Gasteiger partial charge in [-0.3, -0.25) is 34.2 Å². The zero-order chi connectivity index (χ0) is 68.9. The number of hydrogen-bond donors (Lipinski definition) is 3. The first-order valence-corrected chi connectivity index (χ1v) is 33.2. The highest BCUT2D eigenvalue weighted by atomic mass is 19.1. The van der Waals surface area contributed by atoms with Crippen molar-refractivity contribution in [2.45, 2.75) is 40.0 Å². The Morgan fingerprint density at radius 2 is 0.828 bits per heavy atom. The number of carbonyl (C=O) groups is 3. The lowest BCUT2D eigenvalue weighted by atomic mass is 9.98. The number of nitrogens with zero attached hydrogens (tertiary/aromatic N) is 12. The summed E-state index contributed by atoms with van der Waals surface area (Å²) in [7, 11) is 3.92. The molecule has 0 saturated carbocycles. The van der Waals surface area contributed by atoms with Gasteiger partial charge >= 0.3 is 0 Å². The van der Waals surface area contributed by atoms with Crippen molar-refractivity contribution in [3.8, 4) is 67.2 Å². The standard InChI is InChI=1S/C27H28FN5O.C26H26FN5O2.C24H24FN5O/c1-19-16-21(7-8-24(19)28)26-22(6-4-10-29-26)20-9-15-33-25(17-20)23(18-31-33)27(34)30-11-5-14-32-12-2-3-13-32;1-18-15-20(4-5-23(18)27)25-21(3-2-7-28-25)19-6-9-32-24(16-19)22(17-30-32)26(33)29-8-10-31-11-13-34-14-12-31;1-16-13-18(6-7-21(16)25)23-19(5-4-9-26-23)17-8-11-30-22(14-17)20(15-28-30)24(31)27-10-12-29(2)3/h4,6-10,15-18H,2-3,5,11-14H2,1H3,(H,30,34);2-7,9,15-17H,8,10-14H2,1H3,(H,29,33);4-9,11,13-15H,10,12H2,1-3H3,(H,27,31). The van der Waals surface area contributed by atoms with E-state index in [1.807, 2.05) is 110 Å². The molecule has 12 aromatic rings. The topological polar surface area (TPSA) is 197 Å². The van der Waals surface area contributed by atoms with Crippen molar-refractivity contribution in [3.63, 3.8) is 0 Å². The molecule has 99 heavy (non-hydrogen) atoms. The first-order chi connectivity index (χ1) is 48.1. The summed E-state index contributed by atoms with van der Waals surface area (Å²) in [5, 5.41) is 22.0. The second-order valence-electron chi connectivity index (χ2n) is 24.9. The number of nitrogens with one attached hydrogen (secondary N) is 3. The van der Waals surface area contributed by atoms with Gasteiger partial charge < -0.3 is 30.5 Å². The van der Waals surface area contributed by atoms with Gasteiger partial charge in [-0.1, -0.05) is 18.2 Å². The highest BCUT2D eigenvalue weighted by Gasteiger charge is 2.21. The molecule has 0 aliphatic carbocycles. The van der Waals surface area contributed by atoms with Gasteiger partial charge in [0, 0.05) is 116 Å². The van der Waals surface area contributed by atoms with E-state index in [-0.39, 0.29) is 35.2 Å². The van der Waals surface area contributed by atoms with E-state index in [0.717, 1.165) is 125 Å². The van der Waals surface area contributed by atoms with Gasteiger partial charge in [0.1, 0.15) is 17.5 Å². The van der Waals surface area contributed by atoms with Crippen LogP contribution < -0.4 is 16.0 Å². The minimum absolute atomic E-state index is 0.117. The Hall–Kier alpha value is -10.8. The Labute approximate surface area is 572 Å². The van der Waals surface area contributed by atoms with E-state index in [1.54, 1.807) is 108 Å². The third-order valence-electron chi connectivity index (χ3n) is 17.7. The number of aromatic nitrogens is 9. The quantitative estimate of drug-likeness (QED) is 0.0647. The molecule has 3 N–H and O–H groups in total. The van der Waals surface area contributed by atoms with Gasteiger partial charge in [0.25, 0.3) is 17.7 Å². The Morgan fingerprint density at radius 3 is 1.21 bits per heavy atom. The van der Waals surface area contributed by atoms with Gasteiger partial charge in [-0.05, 0) is 216 Å². The van der Waals surface area contributed by atoms with Crippen LogP contribution in [0.2, 0.25) is 0 Å². The van der Waals surface area contributed by atoms with Gasteiger partial charge in [-0.2, -0.15) is 15.3 Å².